The average molecular weight is 298 g/mol. The molecule has 0 amide bonds. The summed E-state index contributed by atoms with van der Waals surface area (Å²) in [6.45, 7) is 6.47. The van der Waals surface area contributed by atoms with E-state index in [9.17, 15) is 9.90 Å². The molecule has 2 aromatic carbocycles. The van der Waals surface area contributed by atoms with Gasteiger partial charge in [-0.3, -0.25) is 4.79 Å². The Balaban J connectivity index is 2.06. The third-order valence-corrected chi connectivity index (χ3v) is 4.03. The van der Waals surface area contributed by atoms with Gasteiger partial charge < -0.3 is 9.84 Å². The lowest BCUT2D eigenvalue weighted by atomic mass is 9.96. The van der Waals surface area contributed by atoms with Crippen LogP contribution in [0.1, 0.15) is 34.6 Å². The number of carboxylic acid groups (broad SMARTS) is 1. The van der Waals surface area contributed by atoms with Gasteiger partial charge in [0.05, 0.1) is 12.5 Å². The van der Waals surface area contributed by atoms with Crippen LogP contribution in [0.2, 0.25) is 0 Å². The van der Waals surface area contributed by atoms with Crippen LogP contribution in [0.5, 0.6) is 5.75 Å². The maximum Gasteiger partial charge on any atom is 0.311 e. The molecule has 0 aliphatic rings. The summed E-state index contributed by atoms with van der Waals surface area (Å²) in [6.07, 6.45) is 0.451. The molecule has 0 spiro atoms. The Morgan fingerprint density at radius 3 is 2.32 bits per heavy atom. The maximum absolute atomic E-state index is 11.5. The van der Waals surface area contributed by atoms with Crippen LogP contribution >= 0.6 is 0 Å². The van der Waals surface area contributed by atoms with Gasteiger partial charge in [-0.1, -0.05) is 42.5 Å². The fourth-order valence-electron chi connectivity index (χ4n) is 2.54. The van der Waals surface area contributed by atoms with Gasteiger partial charge in [-0.05, 0) is 49.4 Å². The molecule has 1 atom stereocenters. The third kappa shape index (κ3) is 3.67. The fraction of sp³-hybridized carbons (Fsp3) is 0.316. The molecular weight excluding hydrogens is 276 g/mol. The van der Waals surface area contributed by atoms with Crippen molar-refractivity contribution < 1.29 is 14.6 Å². The number of carboxylic acids is 1. The van der Waals surface area contributed by atoms with Crippen molar-refractivity contribution in [1.29, 1.82) is 0 Å². The minimum absolute atomic E-state index is 0.386. The number of ether oxygens (including phenoxy) is 1. The van der Waals surface area contributed by atoms with Gasteiger partial charge in [-0.25, -0.2) is 0 Å². The van der Waals surface area contributed by atoms with Crippen LogP contribution in [-0.4, -0.2) is 17.7 Å². The zero-order valence-corrected chi connectivity index (χ0v) is 13.3. The molecule has 22 heavy (non-hydrogen) atoms. The Morgan fingerprint density at radius 2 is 1.68 bits per heavy atom. The van der Waals surface area contributed by atoms with Crippen molar-refractivity contribution in [2.24, 2.45) is 0 Å². The van der Waals surface area contributed by atoms with Gasteiger partial charge in [0.1, 0.15) is 5.75 Å². The first-order valence-corrected chi connectivity index (χ1v) is 7.48. The zero-order valence-electron chi connectivity index (χ0n) is 13.3. The molecule has 0 saturated carbocycles. The van der Waals surface area contributed by atoms with Crippen molar-refractivity contribution in [3.05, 3.63) is 64.7 Å². The van der Waals surface area contributed by atoms with Gasteiger partial charge in [0.25, 0.3) is 0 Å². The van der Waals surface area contributed by atoms with Gasteiger partial charge >= 0.3 is 5.97 Å². The van der Waals surface area contributed by atoms with Crippen molar-refractivity contribution in [3.8, 4) is 5.75 Å². The first kappa shape index (κ1) is 16.1. The lowest BCUT2D eigenvalue weighted by molar-refractivity contribution is -0.139. The number of hydrogen-bond donors (Lipinski definition) is 1. The van der Waals surface area contributed by atoms with Crippen molar-refractivity contribution in [1.82, 2.24) is 0 Å². The summed E-state index contributed by atoms with van der Waals surface area (Å²) in [4.78, 5) is 11.5. The number of rotatable bonds is 6. The van der Waals surface area contributed by atoms with Crippen LogP contribution in [0.15, 0.2) is 42.5 Å². The highest BCUT2D eigenvalue weighted by Crippen LogP contribution is 2.27. The second kappa shape index (κ2) is 7.12. The molecule has 0 aromatic heterocycles. The molecule has 2 aromatic rings. The molecule has 116 valence electrons. The zero-order chi connectivity index (χ0) is 16.1. The summed E-state index contributed by atoms with van der Waals surface area (Å²) < 4.78 is 5.89. The molecule has 1 N–H and O–H groups in total. The molecule has 0 aliphatic heterocycles. The van der Waals surface area contributed by atoms with Crippen molar-refractivity contribution in [3.63, 3.8) is 0 Å². The largest absolute Gasteiger partial charge is 0.493 e. The second-order valence-electron chi connectivity index (χ2n) is 5.59. The highest BCUT2D eigenvalue weighted by molar-refractivity contribution is 5.76. The molecule has 0 saturated heterocycles. The SMILES string of the molecule is Cc1ccc(C)c(OCCC(C(=O)O)c2ccccc2)c1C. The van der Waals surface area contributed by atoms with Gasteiger partial charge in [-0.2, -0.15) is 0 Å². The predicted octanol–water partition coefficient (Wildman–Crippen LogP) is 4.25. The summed E-state index contributed by atoms with van der Waals surface area (Å²) in [6, 6.07) is 13.4. The van der Waals surface area contributed by atoms with Crippen LogP contribution in [0.25, 0.3) is 0 Å². The van der Waals surface area contributed by atoms with E-state index in [0.717, 1.165) is 22.4 Å². The first-order valence-electron chi connectivity index (χ1n) is 7.48. The van der Waals surface area contributed by atoms with E-state index in [-0.39, 0.29) is 0 Å². The Labute approximate surface area is 131 Å². The summed E-state index contributed by atoms with van der Waals surface area (Å²) in [5, 5.41) is 9.42. The highest BCUT2D eigenvalue weighted by Gasteiger charge is 2.19. The summed E-state index contributed by atoms with van der Waals surface area (Å²) in [7, 11) is 0. The van der Waals surface area contributed by atoms with E-state index in [0.29, 0.717) is 13.0 Å². The summed E-state index contributed by atoms with van der Waals surface area (Å²) in [5.41, 5.74) is 4.19. The molecule has 0 bridgehead atoms. The quantitative estimate of drug-likeness (QED) is 0.867. The van der Waals surface area contributed by atoms with Crippen LogP contribution in [0.3, 0.4) is 0 Å². The van der Waals surface area contributed by atoms with Crippen LogP contribution < -0.4 is 4.74 Å². The smallest absolute Gasteiger partial charge is 0.311 e. The van der Waals surface area contributed by atoms with Gasteiger partial charge in [0.15, 0.2) is 0 Å². The Hall–Kier alpha value is -2.29. The van der Waals surface area contributed by atoms with Gasteiger partial charge in [-0.15, -0.1) is 0 Å². The van der Waals surface area contributed by atoms with E-state index in [1.807, 2.05) is 57.2 Å². The Kier molecular flexibility index (Phi) is 5.21. The highest BCUT2D eigenvalue weighted by atomic mass is 16.5. The third-order valence-electron chi connectivity index (χ3n) is 4.03. The fourth-order valence-corrected chi connectivity index (χ4v) is 2.54. The van der Waals surface area contributed by atoms with Crippen molar-refractivity contribution >= 4 is 5.97 Å². The molecule has 3 nitrogen and oxygen atoms in total. The molecule has 0 radical (unpaired) electrons. The predicted molar refractivity (Wildman–Crippen MR) is 87.6 cm³/mol. The molecule has 0 aliphatic carbocycles. The van der Waals surface area contributed by atoms with Gasteiger partial charge in [0, 0.05) is 0 Å². The second-order valence-corrected chi connectivity index (χ2v) is 5.59. The van der Waals surface area contributed by atoms with Crippen molar-refractivity contribution in [2.75, 3.05) is 6.61 Å². The topological polar surface area (TPSA) is 46.5 Å². The standard InChI is InChI=1S/C19H22O3/c1-13-9-10-14(2)18(15(13)3)22-12-11-17(19(20)21)16-7-5-4-6-8-16/h4-10,17H,11-12H2,1-3H3,(H,20,21). The molecule has 0 fully saturated rings. The minimum atomic E-state index is -0.813. The van der Waals surface area contributed by atoms with E-state index in [1.165, 1.54) is 5.56 Å². The van der Waals surface area contributed by atoms with E-state index >= 15 is 0 Å². The molecule has 3 heteroatoms. The van der Waals surface area contributed by atoms with E-state index in [4.69, 9.17) is 4.74 Å². The number of hydrogen-bond acceptors (Lipinski definition) is 2. The van der Waals surface area contributed by atoms with Crippen molar-refractivity contribution in [2.45, 2.75) is 33.1 Å². The minimum Gasteiger partial charge on any atom is -0.493 e. The van der Waals surface area contributed by atoms with E-state index in [2.05, 4.69) is 6.07 Å². The first-order chi connectivity index (χ1) is 10.5. The van der Waals surface area contributed by atoms with E-state index in [1.54, 1.807) is 0 Å². The number of aryl methyl sites for hydroxylation is 2. The van der Waals surface area contributed by atoms with E-state index < -0.39 is 11.9 Å². The van der Waals surface area contributed by atoms with Crippen LogP contribution in [0, 0.1) is 20.8 Å². The summed E-state index contributed by atoms with van der Waals surface area (Å²) in [5.74, 6) is -0.476. The number of carbonyl (C=O) groups is 1. The monoisotopic (exact) mass is 298 g/mol. The van der Waals surface area contributed by atoms with Crippen LogP contribution in [-0.2, 0) is 4.79 Å². The van der Waals surface area contributed by atoms with Gasteiger partial charge in [0.2, 0.25) is 0 Å². The molecule has 0 heterocycles. The normalized spacial score (nSPS) is 12.0. The molecule has 1 unspecified atom stereocenters. The summed E-state index contributed by atoms with van der Waals surface area (Å²) >= 11 is 0. The molecular formula is C19H22O3. The number of aliphatic carboxylic acids is 1. The lowest BCUT2D eigenvalue weighted by Gasteiger charge is -2.16. The molecule has 2 rings (SSSR count). The average Bonchev–Trinajstić information content (AvgIpc) is 2.51. The lowest BCUT2D eigenvalue weighted by Crippen LogP contribution is -2.15. The Bertz CT molecular complexity index is 647. The Morgan fingerprint density at radius 1 is 1.05 bits per heavy atom. The maximum atomic E-state index is 11.5. The van der Waals surface area contributed by atoms with Crippen LogP contribution in [0.4, 0.5) is 0 Å². The number of benzene rings is 2.